The zero-order valence-corrected chi connectivity index (χ0v) is 54.6. The Bertz CT molecular complexity index is 3980. The standard InChI is InChI=1S/C69H67N5O26/c1-33-17-23-40(24-18-33)64(85)96-55-56(97-65(86)41-25-19-34(2)20-26-41)58(98-66(87)42-27-21-35(3)22-28-42)69(100-57(55)63(83)84)99-54-50(74-61(81)45-15-10-11-16-46(45)62(74)82)67(88-30-12-29-71-72-70)94-48(52(54)92-38(6)77)32-90-68-49(73-59(79)43-13-8-9-14-44(43)60(73)80)53(93-39(7)78)51(91-37(5)76)47(95-68)31-89-36(4)75/h8-11,13-28,47-58,67-69H,12,29-32H2,1-7H3,(H,83,84)/t47-,48-,49-,50-,51+,52+,53-,54-,55+,56+,57+,58-,67-,68-,69-/m1/s1. The average Bonchev–Trinajstić information content (AvgIpc) is 1.46. The minimum Gasteiger partial charge on any atom is -0.479 e. The number of esters is 7. The summed E-state index contributed by atoms with van der Waals surface area (Å²) in [5, 5.41) is 14.9. The third-order valence-corrected chi connectivity index (χ3v) is 16.6. The van der Waals surface area contributed by atoms with Gasteiger partial charge in [0.2, 0.25) is 0 Å². The summed E-state index contributed by atoms with van der Waals surface area (Å²) in [4.78, 5) is 174. The third kappa shape index (κ3) is 15.9. The number of carbonyl (C=O) groups excluding carboxylic acids is 11. The molecule has 1 N–H and O–H groups in total. The molecular weight excluding hydrogens is 1310 g/mol. The lowest BCUT2D eigenvalue weighted by molar-refractivity contribution is -0.349. The molecule has 5 aromatic rings. The van der Waals surface area contributed by atoms with Crippen LogP contribution < -0.4 is 0 Å². The van der Waals surface area contributed by atoms with E-state index in [1.165, 1.54) is 84.9 Å². The van der Waals surface area contributed by atoms with Crippen molar-refractivity contribution in [3.05, 3.63) is 187 Å². The number of aryl methyl sites for hydroxylation is 3. The van der Waals surface area contributed by atoms with Gasteiger partial charge >= 0.3 is 47.8 Å². The molecule has 3 saturated heterocycles. The monoisotopic (exact) mass is 1380 g/mol. The number of azide groups is 1. The number of imide groups is 2. The maximum atomic E-state index is 15.1. The summed E-state index contributed by atoms with van der Waals surface area (Å²) in [6.45, 7) is 6.62. The van der Waals surface area contributed by atoms with Crippen molar-refractivity contribution in [2.75, 3.05) is 26.4 Å². The average molecular weight is 1380 g/mol. The summed E-state index contributed by atoms with van der Waals surface area (Å²) in [6, 6.07) is 24.6. The number of carboxylic acid groups (broad SMARTS) is 1. The van der Waals surface area contributed by atoms with Gasteiger partial charge in [-0.1, -0.05) is 82.5 Å². The summed E-state index contributed by atoms with van der Waals surface area (Å²) in [6.07, 6.45) is -27.8. The highest BCUT2D eigenvalue weighted by Gasteiger charge is 2.63. The Kier molecular flexibility index (Phi) is 22.6. The summed E-state index contributed by atoms with van der Waals surface area (Å²) < 4.78 is 80.8. The van der Waals surface area contributed by atoms with Gasteiger partial charge in [0.1, 0.15) is 37.0 Å². The van der Waals surface area contributed by atoms with E-state index in [0.717, 1.165) is 27.7 Å². The van der Waals surface area contributed by atoms with E-state index < -0.39 is 183 Å². The van der Waals surface area contributed by atoms with Crippen molar-refractivity contribution in [1.29, 1.82) is 0 Å². The molecule has 5 aromatic carbocycles. The topological polar surface area (TPSA) is 400 Å². The fourth-order valence-corrected chi connectivity index (χ4v) is 12.1. The van der Waals surface area contributed by atoms with E-state index >= 15 is 9.59 Å². The Morgan fingerprint density at radius 1 is 0.460 bits per heavy atom. The van der Waals surface area contributed by atoms with Gasteiger partial charge in [-0.2, -0.15) is 0 Å². The highest BCUT2D eigenvalue weighted by atomic mass is 16.8. The molecule has 4 amide bonds. The summed E-state index contributed by atoms with van der Waals surface area (Å²) in [5.74, 6) is -13.6. The quantitative estimate of drug-likeness (QED) is 0.0148. The maximum Gasteiger partial charge on any atom is 0.338 e. The first kappa shape index (κ1) is 72.0. The second-order valence-corrected chi connectivity index (χ2v) is 23.7. The second-order valence-electron chi connectivity index (χ2n) is 23.7. The molecule has 10 rings (SSSR count). The van der Waals surface area contributed by atoms with Gasteiger partial charge in [0.05, 0.1) is 45.6 Å². The van der Waals surface area contributed by atoms with Crippen molar-refractivity contribution in [1.82, 2.24) is 9.80 Å². The first-order valence-electron chi connectivity index (χ1n) is 31.3. The van der Waals surface area contributed by atoms with Crippen LogP contribution in [0.25, 0.3) is 10.4 Å². The lowest BCUT2D eigenvalue weighted by atomic mass is 9.93. The van der Waals surface area contributed by atoms with Crippen LogP contribution in [0.2, 0.25) is 0 Å². The minimum atomic E-state index is -2.49. The molecule has 0 saturated carbocycles. The van der Waals surface area contributed by atoms with Gasteiger partial charge in [-0.15, -0.1) is 0 Å². The number of rotatable bonds is 24. The first-order valence-corrected chi connectivity index (χ1v) is 31.3. The van der Waals surface area contributed by atoms with Crippen molar-refractivity contribution in [3.63, 3.8) is 0 Å². The van der Waals surface area contributed by atoms with Crippen LogP contribution in [0.15, 0.2) is 126 Å². The maximum absolute atomic E-state index is 15.1. The van der Waals surface area contributed by atoms with E-state index in [0.29, 0.717) is 26.5 Å². The van der Waals surface area contributed by atoms with E-state index in [4.69, 9.17) is 61.6 Å². The van der Waals surface area contributed by atoms with Crippen LogP contribution >= 0.6 is 0 Å². The Morgan fingerprint density at radius 3 is 1.27 bits per heavy atom. The molecule has 0 radical (unpaired) electrons. The van der Waals surface area contributed by atoms with Gasteiger partial charge in [-0.25, -0.2) is 19.2 Å². The van der Waals surface area contributed by atoms with Gasteiger partial charge in [0, 0.05) is 45.8 Å². The molecular formula is C69H67N5O26. The zero-order valence-electron chi connectivity index (χ0n) is 54.6. The third-order valence-electron chi connectivity index (χ3n) is 16.6. The number of aliphatic carboxylic acids is 1. The molecule has 0 unspecified atom stereocenters. The smallest absolute Gasteiger partial charge is 0.338 e. The molecule has 524 valence electrons. The number of carboxylic acids is 1. The van der Waals surface area contributed by atoms with E-state index in [9.17, 15) is 58.6 Å². The van der Waals surface area contributed by atoms with Crippen LogP contribution in [0, 0.1) is 20.8 Å². The van der Waals surface area contributed by atoms with E-state index in [2.05, 4.69) is 10.0 Å². The molecule has 0 spiro atoms. The Morgan fingerprint density at radius 2 is 0.850 bits per heavy atom. The summed E-state index contributed by atoms with van der Waals surface area (Å²) in [7, 11) is 0. The Balaban J connectivity index is 1.15. The van der Waals surface area contributed by atoms with E-state index in [1.807, 2.05) is 0 Å². The van der Waals surface area contributed by atoms with Crippen LogP contribution in [0.3, 0.4) is 0 Å². The van der Waals surface area contributed by atoms with Gasteiger partial charge in [0.25, 0.3) is 23.6 Å². The van der Waals surface area contributed by atoms with Crippen molar-refractivity contribution < 1.29 is 124 Å². The van der Waals surface area contributed by atoms with Crippen LogP contribution in [-0.4, -0.2) is 205 Å². The number of hydrogen-bond acceptors (Lipinski definition) is 26. The number of benzene rings is 5. The number of fused-ring (bicyclic) bond motifs is 2. The Hall–Kier alpha value is -10.8. The molecule has 3 fully saturated rings. The molecule has 31 nitrogen and oxygen atoms in total. The zero-order chi connectivity index (χ0) is 71.8. The highest BCUT2D eigenvalue weighted by Crippen LogP contribution is 2.42. The largest absolute Gasteiger partial charge is 0.479 e. The molecule has 0 aliphatic carbocycles. The van der Waals surface area contributed by atoms with Gasteiger partial charge in [-0.3, -0.25) is 48.2 Å². The molecule has 5 aliphatic rings. The second kappa shape index (κ2) is 31.4. The number of carbonyl (C=O) groups is 12. The lowest BCUT2D eigenvalue weighted by Gasteiger charge is -2.51. The molecule has 5 heterocycles. The fourth-order valence-electron chi connectivity index (χ4n) is 12.1. The van der Waals surface area contributed by atoms with E-state index in [1.54, 1.807) is 57.2 Å². The molecule has 100 heavy (non-hydrogen) atoms. The molecule has 5 aliphatic heterocycles. The molecule has 0 aromatic heterocycles. The van der Waals surface area contributed by atoms with Crippen LogP contribution in [0.5, 0.6) is 0 Å². The molecule has 15 atom stereocenters. The Labute approximate surface area is 569 Å². The highest BCUT2D eigenvalue weighted by molar-refractivity contribution is 6.22. The van der Waals surface area contributed by atoms with Crippen LogP contribution in [0.1, 0.15) is 123 Å². The SMILES string of the molecule is CC(=O)OC[C@H]1O[C@@H](OC[C@H]2O[C@@H](OCCCN=[N+]=[N-])[C@H](N3C(=O)c4ccccc4C3=O)[C@@H](O[C@@H]3O[C@H](C(=O)O)[C@@H](OC(=O)c4ccc(C)cc4)[C@H](OC(=O)c4ccc(C)cc4)[C@H]3OC(=O)c3ccc(C)cc3)[C@H]2OC(C)=O)[C@H](N2C(=O)c3ccccc3C2=O)[C@@H](OC(C)=O)[C@H]1OC(C)=O. The predicted molar refractivity (Wildman–Crippen MR) is 335 cm³/mol. The van der Waals surface area contributed by atoms with Crippen molar-refractivity contribution in [3.8, 4) is 0 Å². The van der Waals surface area contributed by atoms with Gasteiger partial charge < -0.3 is 66.7 Å². The van der Waals surface area contributed by atoms with Gasteiger partial charge in [-0.05, 0) is 93.4 Å². The van der Waals surface area contributed by atoms with Crippen LogP contribution in [-0.2, 0) is 85.6 Å². The van der Waals surface area contributed by atoms with E-state index in [-0.39, 0.29) is 51.9 Å². The molecule has 31 heteroatoms. The van der Waals surface area contributed by atoms with Crippen LogP contribution in [0.4, 0.5) is 0 Å². The normalized spacial score (nSPS) is 26.1. The number of amides is 4. The fraction of sp³-hybridized carbons (Fsp3) is 0.391. The number of hydrogen-bond donors (Lipinski definition) is 1. The lowest BCUT2D eigenvalue weighted by Crippen LogP contribution is -2.71. The minimum absolute atomic E-state index is 0.0960. The van der Waals surface area contributed by atoms with Gasteiger partial charge in [0.15, 0.2) is 61.6 Å². The predicted octanol–water partition coefficient (Wildman–Crippen LogP) is 5.65. The summed E-state index contributed by atoms with van der Waals surface area (Å²) in [5.41, 5.74) is 10.3. The first-order chi connectivity index (χ1) is 47.8. The van der Waals surface area contributed by atoms with Crippen molar-refractivity contribution >= 4 is 71.4 Å². The number of nitrogens with zero attached hydrogens (tertiary/aromatic N) is 5. The van der Waals surface area contributed by atoms with Crippen molar-refractivity contribution in [2.45, 2.75) is 147 Å². The summed E-state index contributed by atoms with van der Waals surface area (Å²) >= 11 is 0. The molecule has 0 bridgehead atoms. The number of ether oxygens (including phenoxy) is 13. The van der Waals surface area contributed by atoms with Crippen molar-refractivity contribution in [2.24, 2.45) is 5.11 Å².